The molecule has 0 radical (unpaired) electrons. The van der Waals surface area contributed by atoms with Crippen molar-refractivity contribution < 1.29 is 4.79 Å². The molecule has 0 unspecified atom stereocenters. The van der Waals surface area contributed by atoms with E-state index in [2.05, 4.69) is 19.9 Å². The second-order valence-corrected chi connectivity index (χ2v) is 6.23. The minimum atomic E-state index is 0.280. The highest BCUT2D eigenvalue weighted by Gasteiger charge is 2.30. The Labute approximate surface area is 129 Å². The van der Waals surface area contributed by atoms with Gasteiger partial charge in [-0.2, -0.15) is 0 Å². The molecule has 1 saturated carbocycles. The highest BCUT2D eigenvalue weighted by atomic mass is 16.2. The number of aromatic amines is 1. The SMILES string of the molecule is O=C(C1CCCC1)N1CCN(c2ncnc3[nH]ccc23)CC1. The smallest absolute Gasteiger partial charge is 0.225 e. The number of H-pyrrole nitrogens is 1. The van der Waals surface area contributed by atoms with E-state index < -0.39 is 0 Å². The van der Waals surface area contributed by atoms with Crippen LogP contribution in [0.5, 0.6) is 0 Å². The highest BCUT2D eigenvalue weighted by Crippen LogP contribution is 2.28. The monoisotopic (exact) mass is 299 g/mol. The number of hydrogen-bond acceptors (Lipinski definition) is 4. The molecule has 2 fully saturated rings. The lowest BCUT2D eigenvalue weighted by molar-refractivity contribution is -0.135. The summed E-state index contributed by atoms with van der Waals surface area (Å²) in [6, 6.07) is 2.01. The van der Waals surface area contributed by atoms with Crippen LogP contribution in [0.3, 0.4) is 0 Å². The Morgan fingerprint density at radius 3 is 2.68 bits per heavy atom. The molecule has 2 aromatic heterocycles. The van der Waals surface area contributed by atoms with E-state index in [1.165, 1.54) is 12.8 Å². The van der Waals surface area contributed by atoms with E-state index in [1.54, 1.807) is 6.33 Å². The van der Waals surface area contributed by atoms with Gasteiger partial charge in [-0.25, -0.2) is 9.97 Å². The minimum absolute atomic E-state index is 0.280. The van der Waals surface area contributed by atoms with Crippen LogP contribution in [0.2, 0.25) is 0 Å². The van der Waals surface area contributed by atoms with Gasteiger partial charge in [0.15, 0.2) is 0 Å². The molecule has 1 aliphatic carbocycles. The molecule has 1 aliphatic heterocycles. The number of carbonyl (C=O) groups excluding carboxylic acids is 1. The molecule has 1 saturated heterocycles. The van der Waals surface area contributed by atoms with E-state index in [0.29, 0.717) is 5.91 Å². The second-order valence-electron chi connectivity index (χ2n) is 6.23. The maximum absolute atomic E-state index is 12.5. The van der Waals surface area contributed by atoms with Crippen LogP contribution in [0.25, 0.3) is 11.0 Å². The second kappa shape index (κ2) is 5.59. The van der Waals surface area contributed by atoms with Crippen molar-refractivity contribution in [2.75, 3.05) is 31.1 Å². The Morgan fingerprint density at radius 1 is 1.14 bits per heavy atom. The summed E-state index contributed by atoms with van der Waals surface area (Å²) >= 11 is 0. The topological polar surface area (TPSA) is 65.1 Å². The summed E-state index contributed by atoms with van der Waals surface area (Å²) in [7, 11) is 0. The number of rotatable bonds is 2. The predicted octanol–water partition coefficient (Wildman–Crippen LogP) is 1.80. The molecular weight excluding hydrogens is 278 g/mol. The lowest BCUT2D eigenvalue weighted by atomic mass is 10.1. The quantitative estimate of drug-likeness (QED) is 0.918. The largest absolute Gasteiger partial charge is 0.352 e. The molecule has 2 aromatic rings. The Morgan fingerprint density at radius 2 is 1.91 bits per heavy atom. The standard InChI is InChI=1S/C16H21N5O/c22-16(12-3-1-2-4-12)21-9-7-20(8-10-21)15-13-5-6-17-14(13)18-11-19-15/h5-6,11-12H,1-4,7-10H2,(H,17,18,19). The van der Waals surface area contributed by atoms with Gasteiger partial charge in [-0.15, -0.1) is 0 Å². The van der Waals surface area contributed by atoms with Gasteiger partial charge in [0, 0.05) is 38.3 Å². The van der Waals surface area contributed by atoms with E-state index >= 15 is 0 Å². The lowest BCUT2D eigenvalue weighted by Gasteiger charge is -2.36. The van der Waals surface area contributed by atoms with Crippen molar-refractivity contribution in [2.45, 2.75) is 25.7 Å². The van der Waals surface area contributed by atoms with Crippen LogP contribution in [0.15, 0.2) is 18.6 Å². The van der Waals surface area contributed by atoms with Gasteiger partial charge in [0.1, 0.15) is 17.8 Å². The van der Waals surface area contributed by atoms with Gasteiger partial charge >= 0.3 is 0 Å². The van der Waals surface area contributed by atoms with E-state index in [-0.39, 0.29) is 5.92 Å². The van der Waals surface area contributed by atoms with E-state index in [4.69, 9.17) is 0 Å². The highest BCUT2D eigenvalue weighted by molar-refractivity contribution is 5.87. The van der Waals surface area contributed by atoms with Crippen LogP contribution in [-0.2, 0) is 4.79 Å². The zero-order valence-electron chi connectivity index (χ0n) is 12.7. The van der Waals surface area contributed by atoms with Crippen LogP contribution in [0.4, 0.5) is 5.82 Å². The molecule has 2 aliphatic rings. The Bertz CT molecular complexity index is 668. The maximum Gasteiger partial charge on any atom is 0.225 e. The number of amides is 1. The van der Waals surface area contributed by atoms with Crippen molar-refractivity contribution in [3.8, 4) is 0 Å². The van der Waals surface area contributed by atoms with Crippen LogP contribution in [-0.4, -0.2) is 51.9 Å². The molecule has 4 rings (SSSR count). The van der Waals surface area contributed by atoms with Crippen molar-refractivity contribution in [3.63, 3.8) is 0 Å². The Kier molecular flexibility index (Phi) is 3.44. The zero-order chi connectivity index (χ0) is 14.9. The fourth-order valence-corrected chi connectivity index (χ4v) is 3.68. The fourth-order valence-electron chi connectivity index (χ4n) is 3.68. The van der Waals surface area contributed by atoms with Crippen molar-refractivity contribution in [1.82, 2.24) is 19.9 Å². The fraction of sp³-hybridized carbons (Fsp3) is 0.562. The third kappa shape index (κ3) is 2.32. The Hall–Kier alpha value is -2.11. The molecule has 22 heavy (non-hydrogen) atoms. The molecule has 1 amide bonds. The summed E-state index contributed by atoms with van der Waals surface area (Å²) in [5, 5.41) is 1.05. The van der Waals surface area contributed by atoms with Gasteiger partial charge in [-0.1, -0.05) is 12.8 Å². The molecule has 0 spiro atoms. The van der Waals surface area contributed by atoms with Crippen LogP contribution < -0.4 is 4.90 Å². The summed E-state index contributed by atoms with van der Waals surface area (Å²) in [6.45, 7) is 3.28. The van der Waals surface area contributed by atoms with Crippen LogP contribution in [0.1, 0.15) is 25.7 Å². The van der Waals surface area contributed by atoms with Crippen molar-refractivity contribution in [1.29, 1.82) is 0 Å². The summed E-state index contributed by atoms with van der Waals surface area (Å²) < 4.78 is 0. The first-order valence-corrected chi connectivity index (χ1v) is 8.15. The van der Waals surface area contributed by atoms with E-state index in [1.807, 2.05) is 17.2 Å². The van der Waals surface area contributed by atoms with Gasteiger partial charge < -0.3 is 14.8 Å². The number of fused-ring (bicyclic) bond motifs is 1. The number of aromatic nitrogens is 3. The molecular formula is C16H21N5O. The normalized spacial score (nSPS) is 20.0. The molecule has 6 nitrogen and oxygen atoms in total. The third-order valence-corrected chi connectivity index (χ3v) is 4.93. The molecule has 116 valence electrons. The zero-order valence-corrected chi connectivity index (χ0v) is 12.7. The van der Waals surface area contributed by atoms with Crippen LogP contribution in [0, 0.1) is 5.92 Å². The maximum atomic E-state index is 12.5. The molecule has 6 heteroatoms. The van der Waals surface area contributed by atoms with Crippen LogP contribution >= 0.6 is 0 Å². The first-order valence-electron chi connectivity index (χ1n) is 8.15. The van der Waals surface area contributed by atoms with E-state index in [0.717, 1.165) is 55.9 Å². The molecule has 0 atom stereocenters. The molecule has 0 bridgehead atoms. The van der Waals surface area contributed by atoms with Gasteiger partial charge in [-0.3, -0.25) is 4.79 Å². The number of nitrogens with one attached hydrogen (secondary N) is 1. The van der Waals surface area contributed by atoms with Gasteiger partial charge in [0.25, 0.3) is 0 Å². The predicted molar refractivity (Wildman–Crippen MR) is 84.6 cm³/mol. The van der Waals surface area contributed by atoms with Gasteiger partial charge in [-0.05, 0) is 18.9 Å². The average molecular weight is 299 g/mol. The number of hydrogen-bond donors (Lipinski definition) is 1. The molecule has 0 aromatic carbocycles. The summed E-state index contributed by atoms with van der Waals surface area (Å²) in [6.07, 6.45) is 8.07. The summed E-state index contributed by atoms with van der Waals surface area (Å²) in [4.78, 5) is 28.6. The van der Waals surface area contributed by atoms with Crippen molar-refractivity contribution >= 4 is 22.8 Å². The van der Waals surface area contributed by atoms with E-state index in [9.17, 15) is 4.79 Å². The molecule has 3 heterocycles. The first kappa shape index (κ1) is 13.5. The average Bonchev–Trinajstić information content (AvgIpc) is 3.25. The molecule has 1 N–H and O–H groups in total. The van der Waals surface area contributed by atoms with Gasteiger partial charge in [0.2, 0.25) is 5.91 Å². The lowest BCUT2D eigenvalue weighted by Crippen LogP contribution is -2.50. The number of piperazine rings is 1. The third-order valence-electron chi connectivity index (χ3n) is 4.93. The van der Waals surface area contributed by atoms with Crippen molar-refractivity contribution in [3.05, 3.63) is 18.6 Å². The Balaban J connectivity index is 1.45. The minimum Gasteiger partial charge on any atom is -0.352 e. The number of nitrogens with zero attached hydrogens (tertiary/aromatic N) is 4. The number of anilines is 1. The number of carbonyl (C=O) groups is 1. The summed E-state index contributed by atoms with van der Waals surface area (Å²) in [5.41, 5.74) is 0.870. The van der Waals surface area contributed by atoms with Crippen molar-refractivity contribution in [2.24, 2.45) is 5.92 Å². The van der Waals surface area contributed by atoms with Gasteiger partial charge in [0.05, 0.1) is 5.39 Å². The summed E-state index contributed by atoms with van der Waals surface area (Å²) in [5.74, 6) is 1.62. The first-order chi connectivity index (χ1) is 10.8.